The summed E-state index contributed by atoms with van der Waals surface area (Å²) in [5.41, 5.74) is 1.62. The average Bonchev–Trinajstić information content (AvgIpc) is 2.59. The number of likely N-dealkylation sites (tertiary alicyclic amines) is 1. The highest BCUT2D eigenvalue weighted by Gasteiger charge is 2.25. The molecule has 2 N–H and O–H groups in total. The molecule has 0 radical (unpaired) electrons. The van der Waals surface area contributed by atoms with Gasteiger partial charge in [0.2, 0.25) is 21.8 Å². The number of carbonyl (C=O) groups is 2. The SMILES string of the molecule is CC(=O)N1CCC(C(=O)NCc2ccc(CS(=O)(=O)NC(C)C)cc2)CC1. The van der Waals surface area contributed by atoms with Crippen molar-refractivity contribution in [3.8, 4) is 0 Å². The van der Waals surface area contributed by atoms with Gasteiger partial charge < -0.3 is 10.2 Å². The number of hydrogen-bond donors (Lipinski definition) is 2. The first-order valence-electron chi connectivity index (χ1n) is 9.27. The Labute approximate surface area is 161 Å². The number of nitrogens with zero attached hydrogens (tertiary/aromatic N) is 1. The number of piperidine rings is 1. The second kappa shape index (κ2) is 9.32. The van der Waals surface area contributed by atoms with E-state index in [1.165, 1.54) is 0 Å². The summed E-state index contributed by atoms with van der Waals surface area (Å²) in [7, 11) is -3.35. The summed E-state index contributed by atoms with van der Waals surface area (Å²) in [5.74, 6) is -0.0651. The molecule has 1 aliphatic heterocycles. The average molecular weight is 396 g/mol. The lowest BCUT2D eigenvalue weighted by Crippen LogP contribution is -2.42. The van der Waals surface area contributed by atoms with Crippen molar-refractivity contribution in [2.24, 2.45) is 5.92 Å². The van der Waals surface area contributed by atoms with Crippen molar-refractivity contribution in [2.75, 3.05) is 13.1 Å². The fourth-order valence-electron chi connectivity index (χ4n) is 3.16. The summed E-state index contributed by atoms with van der Waals surface area (Å²) in [5, 5.41) is 2.93. The van der Waals surface area contributed by atoms with Crippen molar-refractivity contribution in [3.05, 3.63) is 35.4 Å². The summed E-state index contributed by atoms with van der Waals surface area (Å²) in [6.07, 6.45) is 1.37. The minimum atomic E-state index is -3.35. The van der Waals surface area contributed by atoms with Crippen LogP contribution in [-0.4, -0.2) is 44.3 Å². The molecule has 0 atom stereocenters. The number of carbonyl (C=O) groups excluding carboxylic acids is 2. The molecule has 0 spiro atoms. The molecule has 1 heterocycles. The Hall–Kier alpha value is -1.93. The van der Waals surface area contributed by atoms with Crippen LogP contribution in [0.15, 0.2) is 24.3 Å². The number of benzene rings is 1. The fraction of sp³-hybridized carbons (Fsp3) is 0.579. The van der Waals surface area contributed by atoms with Gasteiger partial charge >= 0.3 is 0 Å². The largest absolute Gasteiger partial charge is 0.352 e. The summed E-state index contributed by atoms with van der Waals surface area (Å²) in [6.45, 7) is 6.78. The van der Waals surface area contributed by atoms with E-state index in [2.05, 4.69) is 10.0 Å². The van der Waals surface area contributed by atoms with E-state index in [1.54, 1.807) is 37.8 Å². The van der Waals surface area contributed by atoms with Gasteiger partial charge in [-0.2, -0.15) is 0 Å². The van der Waals surface area contributed by atoms with Crippen LogP contribution in [0.25, 0.3) is 0 Å². The maximum atomic E-state index is 12.3. The first-order valence-corrected chi connectivity index (χ1v) is 10.9. The first-order chi connectivity index (χ1) is 12.7. The molecule has 0 bridgehead atoms. The van der Waals surface area contributed by atoms with Crippen LogP contribution in [0.4, 0.5) is 0 Å². The molecule has 7 nitrogen and oxygen atoms in total. The molecule has 8 heteroatoms. The zero-order chi connectivity index (χ0) is 20.0. The highest BCUT2D eigenvalue weighted by molar-refractivity contribution is 7.88. The van der Waals surface area contributed by atoms with E-state index in [9.17, 15) is 18.0 Å². The van der Waals surface area contributed by atoms with Gasteiger partial charge in [-0.25, -0.2) is 13.1 Å². The minimum absolute atomic E-state index is 0.00555. The van der Waals surface area contributed by atoms with E-state index in [0.29, 0.717) is 38.0 Å². The molecule has 0 aliphatic carbocycles. The van der Waals surface area contributed by atoms with Crippen LogP contribution in [0.1, 0.15) is 44.7 Å². The zero-order valence-electron chi connectivity index (χ0n) is 16.2. The maximum Gasteiger partial charge on any atom is 0.223 e. The molecule has 150 valence electrons. The molecule has 1 fully saturated rings. The molecule has 2 rings (SSSR count). The number of nitrogens with one attached hydrogen (secondary N) is 2. The standard InChI is InChI=1S/C19H29N3O4S/c1-14(2)21-27(25,26)13-17-6-4-16(5-7-17)12-20-19(24)18-8-10-22(11-9-18)15(3)23/h4-7,14,18,21H,8-13H2,1-3H3,(H,20,24). The van der Waals surface area contributed by atoms with Crippen molar-refractivity contribution >= 4 is 21.8 Å². The first kappa shape index (κ1) is 21.4. The third kappa shape index (κ3) is 6.95. The van der Waals surface area contributed by atoms with Crippen LogP contribution < -0.4 is 10.0 Å². The van der Waals surface area contributed by atoms with Crippen molar-refractivity contribution in [2.45, 2.75) is 52.0 Å². The number of rotatable bonds is 7. The topological polar surface area (TPSA) is 95.6 Å². The highest BCUT2D eigenvalue weighted by atomic mass is 32.2. The fourth-order valence-corrected chi connectivity index (χ4v) is 4.60. The monoisotopic (exact) mass is 395 g/mol. The highest BCUT2D eigenvalue weighted by Crippen LogP contribution is 2.17. The summed E-state index contributed by atoms with van der Waals surface area (Å²) >= 11 is 0. The van der Waals surface area contributed by atoms with Crippen LogP contribution in [0.5, 0.6) is 0 Å². The van der Waals surface area contributed by atoms with E-state index in [4.69, 9.17) is 0 Å². The molecule has 0 saturated carbocycles. The second-order valence-electron chi connectivity index (χ2n) is 7.35. The quantitative estimate of drug-likeness (QED) is 0.729. The van der Waals surface area contributed by atoms with Gasteiger partial charge in [0, 0.05) is 38.5 Å². The van der Waals surface area contributed by atoms with Gasteiger partial charge in [0.25, 0.3) is 0 Å². The normalized spacial score (nSPS) is 15.8. The van der Waals surface area contributed by atoms with Gasteiger partial charge in [0.15, 0.2) is 0 Å². The molecular weight excluding hydrogens is 366 g/mol. The van der Waals surface area contributed by atoms with Gasteiger partial charge in [0.05, 0.1) is 5.75 Å². The number of sulfonamides is 1. The molecule has 27 heavy (non-hydrogen) atoms. The van der Waals surface area contributed by atoms with Gasteiger partial charge in [-0.05, 0) is 37.8 Å². The molecule has 1 saturated heterocycles. The lowest BCUT2D eigenvalue weighted by molar-refractivity contribution is -0.134. The summed E-state index contributed by atoms with van der Waals surface area (Å²) in [6, 6.07) is 7.07. The molecule has 1 aromatic rings. The summed E-state index contributed by atoms with van der Waals surface area (Å²) in [4.78, 5) is 25.4. The zero-order valence-corrected chi connectivity index (χ0v) is 17.0. The van der Waals surface area contributed by atoms with E-state index >= 15 is 0 Å². The van der Waals surface area contributed by atoms with Crippen LogP contribution in [-0.2, 0) is 31.9 Å². The molecule has 1 aromatic carbocycles. The summed E-state index contributed by atoms with van der Waals surface area (Å²) < 4.78 is 26.5. The Kier molecular flexibility index (Phi) is 7.38. The van der Waals surface area contributed by atoms with Gasteiger partial charge in [-0.3, -0.25) is 9.59 Å². The molecule has 2 amide bonds. The van der Waals surface area contributed by atoms with Gasteiger partial charge in [-0.1, -0.05) is 24.3 Å². The van der Waals surface area contributed by atoms with Crippen molar-refractivity contribution in [3.63, 3.8) is 0 Å². The third-order valence-electron chi connectivity index (χ3n) is 4.57. The van der Waals surface area contributed by atoms with Crippen molar-refractivity contribution in [1.82, 2.24) is 14.9 Å². The Morgan fingerprint density at radius 2 is 1.67 bits per heavy atom. The van der Waals surface area contributed by atoms with E-state index in [0.717, 1.165) is 5.56 Å². The molecular formula is C19H29N3O4S. The van der Waals surface area contributed by atoms with Crippen LogP contribution in [0.3, 0.4) is 0 Å². The Morgan fingerprint density at radius 3 is 2.19 bits per heavy atom. The second-order valence-corrected chi connectivity index (χ2v) is 9.10. The predicted octanol–water partition coefficient (Wildman–Crippen LogP) is 1.39. The van der Waals surface area contributed by atoms with E-state index in [-0.39, 0.29) is 29.5 Å². The Bertz CT molecular complexity index is 752. The Balaban J connectivity index is 1.81. The molecule has 0 aromatic heterocycles. The third-order valence-corrected chi connectivity index (χ3v) is 6.12. The van der Waals surface area contributed by atoms with Crippen LogP contribution in [0.2, 0.25) is 0 Å². The minimum Gasteiger partial charge on any atom is -0.352 e. The number of hydrogen-bond acceptors (Lipinski definition) is 4. The predicted molar refractivity (Wildman–Crippen MR) is 104 cm³/mol. The number of amides is 2. The van der Waals surface area contributed by atoms with Crippen LogP contribution >= 0.6 is 0 Å². The van der Waals surface area contributed by atoms with Crippen molar-refractivity contribution < 1.29 is 18.0 Å². The molecule has 0 unspecified atom stereocenters. The lowest BCUT2D eigenvalue weighted by atomic mass is 9.96. The smallest absolute Gasteiger partial charge is 0.223 e. The van der Waals surface area contributed by atoms with Crippen molar-refractivity contribution in [1.29, 1.82) is 0 Å². The van der Waals surface area contributed by atoms with Gasteiger partial charge in [0.1, 0.15) is 0 Å². The van der Waals surface area contributed by atoms with Gasteiger partial charge in [-0.15, -0.1) is 0 Å². The lowest BCUT2D eigenvalue weighted by Gasteiger charge is -2.30. The van der Waals surface area contributed by atoms with E-state index in [1.807, 2.05) is 12.1 Å². The molecule has 1 aliphatic rings. The maximum absolute atomic E-state index is 12.3. The Morgan fingerprint density at radius 1 is 1.11 bits per heavy atom. The van der Waals surface area contributed by atoms with E-state index < -0.39 is 10.0 Å². The van der Waals surface area contributed by atoms with Crippen LogP contribution in [0, 0.1) is 5.92 Å².